The average Bonchev–Trinajstić information content (AvgIpc) is 2.15. The third-order valence-corrected chi connectivity index (χ3v) is 2.60. The van der Waals surface area contributed by atoms with E-state index in [9.17, 15) is 4.39 Å². The second kappa shape index (κ2) is 4.36. The standard InChI is InChI=1S/C13H16ClF/c1-9(12(15)13(2,3)4)10-7-5-6-8-11(10)14/h5-8H,1-4H3/b12-9-. The zero-order chi connectivity index (χ0) is 11.6. The minimum atomic E-state index is -0.469. The minimum Gasteiger partial charge on any atom is -0.211 e. The van der Waals surface area contributed by atoms with Crippen LogP contribution in [0.15, 0.2) is 30.1 Å². The molecule has 1 aromatic carbocycles. The van der Waals surface area contributed by atoms with E-state index in [1.54, 1.807) is 13.0 Å². The summed E-state index contributed by atoms with van der Waals surface area (Å²) in [6.07, 6.45) is 0. The van der Waals surface area contributed by atoms with Crippen LogP contribution in [0.5, 0.6) is 0 Å². The van der Waals surface area contributed by atoms with Crippen molar-refractivity contribution < 1.29 is 4.39 Å². The monoisotopic (exact) mass is 226 g/mol. The summed E-state index contributed by atoms with van der Waals surface area (Å²) in [5.41, 5.74) is 0.920. The summed E-state index contributed by atoms with van der Waals surface area (Å²) < 4.78 is 14.0. The van der Waals surface area contributed by atoms with Crippen LogP contribution in [-0.2, 0) is 0 Å². The predicted molar refractivity (Wildman–Crippen MR) is 64.6 cm³/mol. The Labute approximate surface area is 95.8 Å². The fourth-order valence-electron chi connectivity index (χ4n) is 1.45. The van der Waals surface area contributed by atoms with E-state index in [4.69, 9.17) is 11.6 Å². The molecule has 0 unspecified atom stereocenters. The first-order valence-corrected chi connectivity index (χ1v) is 5.33. The first-order chi connectivity index (χ1) is 6.84. The van der Waals surface area contributed by atoms with E-state index in [1.165, 1.54) is 0 Å². The smallest absolute Gasteiger partial charge is 0.109 e. The quantitative estimate of drug-likeness (QED) is 0.626. The number of allylic oxidation sites excluding steroid dienone is 2. The molecule has 0 saturated heterocycles. The van der Waals surface area contributed by atoms with Gasteiger partial charge in [-0.05, 0) is 24.1 Å². The van der Waals surface area contributed by atoms with Crippen LogP contribution < -0.4 is 0 Å². The lowest BCUT2D eigenvalue weighted by Gasteiger charge is -2.19. The highest BCUT2D eigenvalue weighted by molar-refractivity contribution is 6.32. The van der Waals surface area contributed by atoms with Gasteiger partial charge in [-0.3, -0.25) is 0 Å². The molecule has 1 rings (SSSR count). The molecule has 1 aromatic rings. The van der Waals surface area contributed by atoms with Crippen molar-refractivity contribution in [2.75, 3.05) is 0 Å². The largest absolute Gasteiger partial charge is 0.211 e. The number of hydrogen-bond donors (Lipinski definition) is 0. The van der Waals surface area contributed by atoms with Crippen LogP contribution in [0.25, 0.3) is 5.57 Å². The van der Waals surface area contributed by atoms with Crippen LogP contribution in [-0.4, -0.2) is 0 Å². The van der Waals surface area contributed by atoms with E-state index in [1.807, 2.05) is 39.0 Å². The molecule has 0 fully saturated rings. The van der Waals surface area contributed by atoms with Crippen molar-refractivity contribution in [2.45, 2.75) is 27.7 Å². The zero-order valence-corrected chi connectivity index (χ0v) is 10.3. The third kappa shape index (κ3) is 2.82. The molecule has 0 aliphatic carbocycles. The Bertz CT molecular complexity index is 386. The molecular formula is C13H16ClF. The molecule has 0 bridgehead atoms. The highest BCUT2D eigenvalue weighted by Crippen LogP contribution is 2.35. The van der Waals surface area contributed by atoms with Crippen molar-refractivity contribution in [1.29, 1.82) is 0 Å². The summed E-state index contributed by atoms with van der Waals surface area (Å²) in [6, 6.07) is 7.31. The SMILES string of the molecule is C/C(=C(/F)C(C)(C)C)c1ccccc1Cl. The summed E-state index contributed by atoms with van der Waals surface area (Å²) in [4.78, 5) is 0. The summed E-state index contributed by atoms with van der Waals surface area (Å²) >= 11 is 6.01. The van der Waals surface area contributed by atoms with Crippen LogP contribution >= 0.6 is 11.6 Å². The Morgan fingerprint density at radius 3 is 2.20 bits per heavy atom. The van der Waals surface area contributed by atoms with Gasteiger partial charge in [-0.15, -0.1) is 0 Å². The van der Waals surface area contributed by atoms with Gasteiger partial charge in [-0.25, -0.2) is 4.39 Å². The maximum Gasteiger partial charge on any atom is 0.109 e. The van der Waals surface area contributed by atoms with Crippen molar-refractivity contribution in [3.63, 3.8) is 0 Å². The molecule has 0 amide bonds. The Morgan fingerprint density at radius 1 is 1.20 bits per heavy atom. The van der Waals surface area contributed by atoms with Gasteiger partial charge in [0.15, 0.2) is 0 Å². The molecule has 0 saturated carbocycles. The highest BCUT2D eigenvalue weighted by Gasteiger charge is 2.20. The Kier molecular flexibility index (Phi) is 3.56. The fourth-order valence-corrected chi connectivity index (χ4v) is 1.72. The molecular weight excluding hydrogens is 211 g/mol. The lowest BCUT2D eigenvalue weighted by Crippen LogP contribution is -2.07. The number of rotatable bonds is 1. The van der Waals surface area contributed by atoms with Gasteiger partial charge >= 0.3 is 0 Å². The van der Waals surface area contributed by atoms with Gasteiger partial charge in [0.25, 0.3) is 0 Å². The van der Waals surface area contributed by atoms with Crippen molar-refractivity contribution in [2.24, 2.45) is 5.41 Å². The van der Waals surface area contributed by atoms with Crippen molar-refractivity contribution in [3.05, 3.63) is 40.7 Å². The predicted octanol–water partition coefficient (Wildman–Crippen LogP) is 5.09. The summed E-state index contributed by atoms with van der Waals surface area (Å²) in [6.45, 7) is 7.32. The molecule has 82 valence electrons. The molecule has 0 atom stereocenters. The molecule has 0 aliphatic rings. The maximum atomic E-state index is 14.0. The van der Waals surface area contributed by atoms with E-state index in [2.05, 4.69) is 0 Å². The maximum absolute atomic E-state index is 14.0. The molecule has 15 heavy (non-hydrogen) atoms. The van der Waals surface area contributed by atoms with Gasteiger partial charge in [-0.1, -0.05) is 50.6 Å². The van der Waals surface area contributed by atoms with Gasteiger partial charge in [0.2, 0.25) is 0 Å². The molecule has 0 aliphatic heterocycles. The highest BCUT2D eigenvalue weighted by atomic mass is 35.5. The number of benzene rings is 1. The Hall–Kier alpha value is -0.820. The van der Waals surface area contributed by atoms with Crippen LogP contribution in [0.1, 0.15) is 33.3 Å². The summed E-state index contributed by atoms with van der Waals surface area (Å²) in [5.74, 6) is -0.115. The van der Waals surface area contributed by atoms with Gasteiger partial charge in [0.1, 0.15) is 5.83 Å². The second-order valence-corrected chi connectivity index (χ2v) is 5.08. The van der Waals surface area contributed by atoms with Gasteiger partial charge in [0, 0.05) is 10.4 Å². The van der Waals surface area contributed by atoms with Crippen molar-refractivity contribution in [1.82, 2.24) is 0 Å². The van der Waals surface area contributed by atoms with E-state index < -0.39 is 5.41 Å². The van der Waals surface area contributed by atoms with Gasteiger partial charge < -0.3 is 0 Å². The first kappa shape index (κ1) is 12.3. The fraction of sp³-hybridized carbons (Fsp3) is 0.385. The van der Waals surface area contributed by atoms with Crippen LogP contribution in [0, 0.1) is 5.41 Å². The molecule has 0 N–H and O–H groups in total. The number of halogens is 2. The van der Waals surface area contributed by atoms with E-state index >= 15 is 0 Å². The zero-order valence-electron chi connectivity index (χ0n) is 9.57. The van der Waals surface area contributed by atoms with E-state index in [0.29, 0.717) is 10.6 Å². The third-order valence-electron chi connectivity index (χ3n) is 2.27. The van der Waals surface area contributed by atoms with Gasteiger partial charge in [-0.2, -0.15) is 0 Å². The molecule has 2 heteroatoms. The molecule has 0 radical (unpaired) electrons. The van der Waals surface area contributed by atoms with Crippen molar-refractivity contribution >= 4 is 17.2 Å². The minimum absolute atomic E-state index is 0.115. The van der Waals surface area contributed by atoms with Crippen LogP contribution in [0.4, 0.5) is 4.39 Å². The molecule has 0 nitrogen and oxygen atoms in total. The summed E-state index contributed by atoms with van der Waals surface area (Å²) in [5, 5.41) is 0.592. The van der Waals surface area contributed by atoms with E-state index in [0.717, 1.165) is 5.56 Å². The van der Waals surface area contributed by atoms with E-state index in [-0.39, 0.29) is 5.83 Å². The average molecular weight is 227 g/mol. The van der Waals surface area contributed by atoms with Crippen molar-refractivity contribution in [3.8, 4) is 0 Å². The molecule has 0 spiro atoms. The Morgan fingerprint density at radius 2 is 1.73 bits per heavy atom. The topological polar surface area (TPSA) is 0 Å². The molecule has 0 heterocycles. The van der Waals surface area contributed by atoms with Crippen LogP contribution in [0.2, 0.25) is 5.02 Å². The number of hydrogen-bond acceptors (Lipinski definition) is 0. The first-order valence-electron chi connectivity index (χ1n) is 4.96. The summed E-state index contributed by atoms with van der Waals surface area (Å²) in [7, 11) is 0. The molecule has 0 aromatic heterocycles. The lowest BCUT2D eigenvalue weighted by atomic mass is 9.90. The Balaban J connectivity index is 3.26. The lowest BCUT2D eigenvalue weighted by molar-refractivity contribution is 0.386. The van der Waals surface area contributed by atoms with Crippen LogP contribution in [0.3, 0.4) is 0 Å². The second-order valence-electron chi connectivity index (χ2n) is 4.67. The van der Waals surface area contributed by atoms with Gasteiger partial charge in [0.05, 0.1) is 0 Å². The normalized spacial score (nSPS) is 13.7.